The Hall–Kier alpha value is -1.10. The van der Waals surface area contributed by atoms with Gasteiger partial charge in [-0.1, -0.05) is 30.3 Å². The van der Waals surface area contributed by atoms with Crippen LogP contribution < -0.4 is 10.6 Å². The van der Waals surface area contributed by atoms with Crippen molar-refractivity contribution in [3.8, 4) is 0 Å². The second-order valence-electron chi connectivity index (χ2n) is 5.41. The number of amides is 1. The molecule has 0 radical (unpaired) electrons. The second kappa shape index (κ2) is 9.77. The van der Waals surface area contributed by atoms with Crippen LogP contribution in [0.15, 0.2) is 30.3 Å². The van der Waals surface area contributed by atoms with Crippen LogP contribution in [0.3, 0.4) is 0 Å². The van der Waals surface area contributed by atoms with Gasteiger partial charge >= 0.3 is 0 Å². The molecule has 1 heterocycles. The topological polar surface area (TPSA) is 61.4 Å². The van der Waals surface area contributed by atoms with Crippen LogP contribution in [-0.2, 0) is 4.79 Å². The molecule has 0 aliphatic carbocycles. The number of carbonyl (C=O) groups excluding carboxylic acids is 1. The van der Waals surface area contributed by atoms with Gasteiger partial charge in [0.1, 0.15) is 0 Å². The van der Waals surface area contributed by atoms with E-state index in [0.29, 0.717) is 13.0 Å². The van der Waals surface area contributed by atoms with Gasteiger partial charge in [0.15, 0.2) is 0 Å². The summed E-state index contributed by atoms with van der Waals surface area (Å²) in [5, 5.41) is 15.5. The van der Waals surface area contributed by atoms with E-state index < -0.39 is 0 Å². The van der Waals surface area contributed by atoms with E-state index in [1.807, 2.05) is 18.2 Å². The summed E-state index contributed by atoms with van der Waals surface area (Å²) in [5.74, 6) is 0.409. The first kappa shape index (κ1) is 18.0. The monoisotopic (exact) mass is 312 g/mol. The molecule has 2 atom stereocenters. The molecular weight excluding hydrogens is 288 g/mol. The first-order chi connectivity index (χ1) is 9.81. The summed E-state index contributed by atoms with van der Waals surface area (Å²) in [6.07, 6.45) is 2.71. The van der Waals surface area contributed by atoms with Crippen molar-refractivity contribution >= 4 is 18.3 Å². The SMILES string of the molecule is Cl.O=C(NCC(CCO)c1ccccc1)C1CCCNC1. The molecule has 1 aliphatic rings. The summed E-state index contributed by atoms with van der Waals surface area (Å²) in [7, 11) is 0. The van der Waals surface area contributed by atoms with Gasteiger partial charge in [0.2, 0.25) is 5.91 Å². The Morgan fingerprint density at radius 1 is 1.38 bits per heavy atom. The van der Waals surface area contributed by atoms with Crippen molar-refractivity contribution in [1.29, 1.82) is 0 Å². The van der Waals surface area contributed by atoms with Crippen LogP contribution in [0.1, 0.15) is 30.7 Å². The van der Waals surface area contributed by atoms with Gasteiger partial charge in [0.25, 0.3) is 0 Å². The van der Waals surface area contributed by atoms with Gasteiger partial charge in [-0.05, 0) is 31.4 Å². The van der Waals surface area contributed by atoms with E-state index in [1.54, 1.807) is 0 Å². The third kappa shape index (κ3) is 5.65. The van der Waals surface area contributed by atoms with E-state index in [-0.39, 0.29) is 36.8 Å². The molecule has 0 spiro atoms. The lowest BCUT2D eigenvalue weighted by Crippen LogP contribution is -2.41. The van der Waals surface area contributed by atoms with Crippen LogP contribution in [0.4, 0.5) is 0 Å². The normalized spacial score (nSPS) is 19.4. The zero-order valence-electron chi connectivity index (χ0n) is 12.3. The lowest BCUT2D eigenvalue weighted by Gasteiger charge is -2.23. The summed E-state index contributed by atoms with van der Waals surface area (Å²) < 4.78 is 0. The van der Waals surface area contributed by atoms with Gasteiger partial charge in [-0.2, -0.15) is 0 Å². The Bertz CT molecular complexity index is 408. The van der Waals surface area contributed by atoms with Crippen molar-refractivity contribution in [1.82, 2.24) is 10.6 Å². The summed E-state index contributed by atoms with van der Waals surface area (Å²) in [6.45, 7) is 2.53. The molecule has 0 bridgehead atoms. The number of carbonyl (C=O) groups is 1. The summed E-state index contributed by atoms with van der Waals surface area (Å²) in [6, 6.07) is 10.1. The van der Waals surface area contributed by atoms with E-state index >= 15 is 0 Å². The van der Waals surface area contributed by atoms with E-state index in [2.05, 4.69) is 22.8 Å². The number of halogens is 1. The number of rotatable bonds is 6. The molecule has 1 saturated heterocycles. The molecule has 2 rings (SSSR count). The molecule has 1 fully saturated rings. The van der Waals surface area contributed by atoms with Gasteiger partial charge in [-0.3, -0.25) is 4.79 Å². The van der Waals surface area contributed by atoms with Crippen LogP contribution in [0.2, 0.25) is 0 Å². The minimum atomic E-state index is 0. The Kier molecular flexibility index (Phi) is 8.35. The van der Waals surface area contributed by atoms with Crippen LogP contribution >= 0.6 is 12.4 Å². The van der Waals surface area contributed by atoms with Crippen LogP contribution in [0, 0.1) is 5.92 Å². The molecule has 2 unspecified atom stereocenters. The molecule has 21 heavy (non-hydrogen) atoms. The molecule has 0 aromatic heterocycles. The minimum Gasteiger partial charge on any atom is -0.396 e. The second-order valence-corrected chi connectivity index (χ2v) is 5.41. The quantitative estimate of drug-likeness (QED) is 0.749. The molecular formula is C16H25ClN2O2. The fourth-order valence-electron chi connectivity index (χ4n) is 2.71. The zero-order valence-corrected chi connectivity index (χ0v) is 13.1. The molecule has 118 valence electrons. The highest BCUT2D eigenvalue weighted by atomic mass is 35.5. The molecule has 4 nitrogen and oxygen atoms in total. The van der Waals surface area contributed by atoms with Crippen molar-refractivity contribution in [2.45, 2.75) is 25.2 Å². The fraction of sp³-hybridized carbons (Fsp3) is 0.562. The smallest absolute Gasteiger partial charge is 0.224 e. The van der Waals surface area contributed by atoms with Crippen molar-refractivity contribution in [2.75, 3.05) is 26.2 Å². The Morgan fingerprint density at radius 3 is 2.76 bits per heavy atom. The maximum atomic E-state index is 12.1. The Balaban J connectivity index is 0.00000220. The fourth-order valence-corrected chi connectivity index (χ4v) is 2.71. The van der Waals surface area contributed by atoms with Crippen molar-refractivity contribution in [2.24, 2.45) is 5.92 Å². The lowest BCUT2D eigenvalue weighted by molar-refractivity contribution is -0.125. The van der Waals surface area contributed by atoms with E-state index in [4.69, 9.17) is 0 Å². The molecule has 5 heteroatoms. The van der Waals surface area contributed by atoms with Crippen molar-refractivity contribution in [3.63, 3.8) is 0 Å². The number of benzene rings is 1. The van der Waals surface area contributed by atoms with Gasteiger partial charge < -0.3 is 15.7 Å². The number of hydrogen-bond donors (Lipinski definition) is 3. The summed E-state index contributed by atoms with van der Waals surface area (Å²) >= 11 is 0. The summed E-state index contributed by atoms with van der Waals surface area (Å²) in [5.41, 5.74) is 1.17. The van der Waals surface area contributed by atoms with Crippen molar-refractivity contribution in [3.05, 3.63) is 35.9 Å². The number of aliphatic hydroxyl groups is 1. The lowest BCUT2D eigenvalue weighted by atomic mass is 9.95. The number of piperidine rings is 1. The highest BCUT2D eigenvalue weighted by Crippen LogP contribution is 2.18. The maximum absolute atomic E-state index is 12.1. The molecule has 1 aromatic rings. The molecule has 3 N–H and O–H groups in total. The largest absolute Gasteiger partial charge is 0.396 e. The average molecular weight is 313 g/mol. The first-order valence-electron chi connectivity index (χ1n) is 7.45. The van der Waals surface area contributed by atoms with Gasteiger partial charge in [-0.15, -0.1) is 12.4 Å². The van der Waals surface area contributed by atoms with Crippen LogP contribution in [0.5, 0.6) is 0 Å². The molecule has 1 aromatic carbocycles. The van der Waals surface area contributed by atoms with Crippen molar-refractivity contribution < 1.29 is 9.90 Å². The van der Waals surface area contributed by atoms with Gasteiger partial charge in [0.05, 0.1) is 5.92 Å². The minimum absolute atomic E-state index is 0. The number of aliphatic hydroxyl groups excluding tert-OH is 1. The Morgan fingerprint density at radius 2 is 2.14 bits per heavy atom. The predicted octanol–water partition coefficient (Wildman–Crippen LogP) is 1.69. The molecule has 1 aliphatic heterocycles. The molecule has 0 saturated carbocycles. The first-order valence-corrected chi connectivity index (χ1v) is 7.45. The van der Waals surface area contributed by atoms with E-state index in [9.17, 15) is 9.90 Å². The highest BCUT2D eigenvalue weighted by Gasteiger charge is 2.21. The zero-order chi connectivity index (χ0) is 14.2. The highest BCUT2D eigenvalue weighted by molar-refractivity contribution is 5.85. The van der Waals surface area contributed by atoms with E-state index in [0.717, 1.165) is 25.9 Å². The molecule has 1 amide bonds. The standard InChI is InChI=1S/C16H24N2O2.ClH/c19-10-8-14(13-5-2-1-3-6-13)12-18-16(20)15-7-4-9-17-11-15;/h1-3,5-6,14-15,17,19H,4,7-12H2,(H,18,20);1H. The number of nitrogens with one attached hydrogen (secondary N) is 2. The third-order valence-corrected chi connectivity index (χ3v) is 3.94. The average Bonchev–Trinajstić information content (AvgIpc) is 2.53. The van der Waals surface area contributed by atoms with E-state index in [1.165, 1.54) is 5.56 Å². The Labute approximate surface area is 132 Å². The third-order valence-electron chi connectivity index (χ3n) is 3.94. The predicted molar refractivity (Wildman–Crippen MR) is 86.7 cm³/mol. The maximum Gasteiger partial charge on any atom is 0.224 e. The van der Waals surface area contributed by atoms with Gasteiger partial charge in [0, 0.05) is 25.6 Å². The summed E-state index contributed by atoms with van der Waals surface area (Å²) in [4.78, 5) is 12.1. The van der Waals surface area contributed by atoms with Gasteiger partial charge in [-0.25, -0.2) is 0 Å². The van der Waals surface area contributed by atoms with Crippen LogP contribution in [-0.4, -0.2) is 37.3 Å². The number of hydrogen-bond acceptors (Lipinski definition) is 3. The van der Waals surface area contributed by atoms with Crippen LogP contribution in [0.25, 0.3) is 0 Å².